The van der Waals surface area contributed by atoms with Crippen LogP contribution in [-0.4, -0.2) is 14.5 Å². The van der Waals surface area contributed by atoms with Crippen molar-refractivity contribution in [2.75, 3.05) is 0 Å². The number of benzene rings is 6. The van der Waals surface area contributed by atoms with E-state index in [0.717, 1.165) is 28.2 Å². The highest BCUT2D eigenvalue weighted by atomic mass is 32.1. The van der Waals surface area contributed by atoms with Crippen LogP contribution in [-0.2, 0) is 0 Å². The molecule has 3 aromatic heterocycles. The summed E-state index contributed by atoms with van der Waals surface area (Å²) in [7, 11) is 0. The Morgan fingerprint density at radius 3 is 1.93 bits per heavy atom. The molecule has 206 valence electrons. The van der Waals surface area contributed by atoms with Gasteiger partial charge in [-0.3, -0.25) is 4.57 Å². The molecule has 6 aromatic carbocycles. The minimum absolute atomic E-state index is 0.707. The highest BCUT2D eigenvalue weighted by Gasteiger charge is 2.22. The molecule has 3 nitrogen and oxygen atoms in total. The van der Waals surface area contributed by atoms with Crippen LogP contribution in [0.15, 0.2) is 152 Å². The number of thiophene rings is 1. The zero-order chi connectivity index (χ0) is 29.0. The van der Waals surface area contributed by atoms with E-state index < -0.39 is 0 Å². The Morgan fingerprint density at radius 2 is 1.16 bits per heavy atom. The van der Waals surface area contributed by atoms with Crippen molar-refractivity contribution in [3.8, 4) is 39.6 Å². The minimum Gasteiger partial charge on any atom is -0.293 e. The molecule has 0 spiro atoms. The topological polar surface area (TPSA) is 30.7 Å². The summed E-state index contributed by atoms with van der Waals surface area (Å²) in [5, 5.41) is 4.98. The first-order valence-corrected chi connectivity index (χ1v) is 15.6. The molecule has 0 aliphatic carbocycles. The molecule has 0 amide bonds. The van der Waals surface area contributed by atoms with Gasteiger partial charge in [0.15, 0.2) is 5.82 Å². The summed E-state index contributed by atoms with van der Waals surface area (Å²) in [6.45, 7) is 0. The van der Waals surface area contributed by atoms with Gasteiger partial charge in [-0.2, -0.15) is 0 Å². The molecular formula is C40H25N3S. The molecule has 0 saturated carbocycles. The predicted molar refractivity (Wildman–Crippen MR) is 186 cm³/mol. The largest absolute Gasteiger partial charge is 0.293 e. The second kappa shape index (κ2) is 10.0. The van der Waals surface area contributed by atoms with Gasteiger partial charge in [-0.1, -0.05) is 127 Å². The zero-order valence-electron chi connectivity index (χ0n) is 23.7. The van der Waals surface area contributed by atoms with E-state index in [9.17, 15) is 0 Å². The number of aromatic nitrogens is 3. The van der Waals surface area contributed by atoms with Crippen LogP contribution in [0.1, 0.15) is 0 Å². The molecule has 0 atom stereocenters. The zero-order valence-corrected chi connectivity index (χ0v) is 24.5. The lowest BCUT2D eigenvalue weighted by atomic mass is 9.99. The van der Waals surface area contributed by atoms with E-state index in [1.807, 2.05) is 35.6 Å². The number of hydrogen-bond donors (Lipinski definition) is 0. The standard InChI is InChI=1S/C40H25N3S/c1-4-13-26(14-5-1)29-20-12-21-33-37(29)31-23-24-35-38(30-19-10-11-22-34(30)44-35)39(31)43(33)36-25-32(27-15-6-2-7-16-27)41-40(42-36)28-17-8-3-9-18-28/h1-25H. The Hall–Kier alpha value is -5.58. The summed E-state index contributed by atoms with van der Waals surface area (Å²) in [6, 6.07) is 53.5. The summed E-state index contributed by atoms with van der Waals surface area (Å²) < 4.78 is 4.93. The Kier molecular flexibility index (Phi) is 5.68. The lowest BCUT2D eigenvalue weighted by Crippen LogP contribution is -2.02. The van der Waals surface area contributed by atoms with E-state index in [1.54, 1.807) is 0 Å². The second-order valence-electron chi connectivity index (χ2n) is 11.0. The van der Waals surface area contributed by atoms with Gasteiger partial charge in [-0.25, -0.2) is 9.97 Å². The maximum Gasteiger partial charge on any atom is 0.162 e. The van der Waals surface area contributed by atoms with Gasteiger partial charge in [0, 0.05) is 48.1 Å². The highest BCUT2D eigenvalue weighted by molar-refractivity contribution is 7.26. The highest BCUT2D eigenvalue weighted by Crippen LogP contribution is 2.45. The van der Waals surface area contributed by atoms with Crippen LogP contribution in [0.5, 0.6) is 0 Å². The van der Waals surface area contributed by atoms with Gasteiger partial charge in [0.05, 0.1) is 16.7 Å². The van der Waals surface area contributed by atoms with Crippen molar-refractivity contribution in [2.45, 2.75) is 0 Å². The Balaban J connectivity index is 1.47. The fourth-order valence-corrected chi connectivity index (χ4v) is 7.59. The van der Waals surface area contributed by atoms with Gasteiger partial charge in [0.1, 0.15) is 5.82 Å². The van der Waals surface area contributed by atoms with Gasteiger partial charge < -0.3 is 0 Å². The number of rotatable bonds is 4. The second-order valence-corrected chi connectivity index (χ2v) is 12.1. The molecule has 0 saturated heterocycles. The molecule has 4 heteroatoms. The molecule has 0 bridgehead atoms. The van der Waals surface area contributed by atoms with Gasteiger partial charge in [0.25, 0.3) is 0 Å². The summed E-state index contributed by atoms with van der Waals surface area (Å²) >= 11 is 1.84. The molecule has 9 aromatic rings. The third kappa shape index (κ3) is 3.89. The van der Waals surface area contributed by atoms with Crippen molar-refractivity contribution in [3.05, 3.63) is 152 Å². The average Bonchev–Trinajstić information content (AvgIpc) is 3.65. The van der Waals surface area contributed by atoms with Crippen molar-refractivity contribution in [2.24, 2.45) is 0 Å². The summed E-state index contributed by atoms with van der Waals surface area (Å²) in [5.41, 5.74) is 7.66. The van der Waals surface area contributed by atoms with Crippen LogP contribution in [0.3, 0.4) is 0 Å². The monoisotopic (exact) mass is 579 g/mol. The van der Waals surface area contributed by atoms with E-state index in [-0.39, 0.29) is 0 Å². The molecule has 0 N–H and O–H groups in total. The van der Waals surface area contributed by atoms with Crippen LogP contribution in [0, 0.1) is 0 Å². The summed E-state index contributed by atoms with van der Waals surface area (Å²) in [4.78, 5) is 10.4. The maximum atomic E-state index is 5.30. The maximum absolute atomic E-state index is 5.30. The average molecular weight is 580 g/mol. The van der Waals surface area contributed by atoms with Crippen LogP contribution < -0.4 is 0 Å². The Bertz CT molecular complexity index is 2420. The lowest BCUT2D eigenvalue weighted by molar-refractivity contribution is 1.05. The first-order valence-electron chi connectivity index (χ1n) is 14.8. The van der Waals surface area contributed by atoms with Crippen LogP contribution >= 0.6 is 11.3 Å². The minimum atomic E-state index is 0.707. The Labute approximate surface area is 258 Å². The van der Waals surface area contributed by atoms with Crippen molar-refractivity contribution in [1.82, 2.24) is 14.5 Å². The summed E-state index contributed by atoms with van der Waals surface area (Å²) in [5.74, 6) is 1.56. The van der Waals surface area contributed by atoms with E-state index in [1.165, 1.54) is 47.6 Å². The molecule has 44 heavy (non-hydrogen) atoms. The van der Waals surface area contributed by atoms with Crippen molar-refractivity contribution in [3.63, 3.8) is 0 Å². The third-order valence-corrected chi connectivity index (χ3v) is 9.56. The fraction of sp³-hybridized carbons (Fsp3) is 0. The van der Waals surface area contributed by atoms with Crippen LogP contribution in [0.25, 0.3) is 81.6 Å². The predicted octanol–water partition coefficient (Wildman–Crippen LogP) is 10.9. The Morgan fingerprint density at radius 1 is 0.477 bits per heavy atom. The van der Waals surface area contributed by atoms with E-state index in [4.69, 9.17) is 9.97 Å². The van der Waals surface area contributed by atoms with E-state index >= 15 is 0 Å². The van der Waals surface area contributed by atoms with Gasteiger partial charge in [0.2, 0.25) is 0 Å². The van der Waals surface area contributed by atoms with Crippen molar-refractivity contribution in [1.29, 1.82) is 0 Å². The molecule has 3 heterocycles. The fourth-order valence-electron chi connectivity index (χ4n) is 6.48. The van der Waals surface area contributed by atoms with E-state index in [0.29, 0.717) is 5.82 Å². The lowest BCUT2D eigenvalue weighted by Gasteiger charge is -2.13. The molecular weight excluding hydrogens is 555 g/mol. The number of fused-ring (bicyclic) bond motifs is 7. The first-order chi connectivity index (χ1) is 21.8. The van der Waals surface area contributed by atoms with Crippen molar-refractivity contribution < 1.29 is 0 Å². The van der Waals surface area contributed by atoms with Crippen molar-refractivity contribution >= 4 is 53.3 Å². The number of nitrogens with zero attached hydrogens (tertiary/aromatic N) is 3. The SMILES string of the molecule is c1ccc(-c2cc(-n3c4cccc(-c5ccccc5)c4c4ccc5sc6ccccc6c5c43)nc(-c3ccccc3)n2)cc1. The third-order valence-electron chi connectivity index (χ3n) is 8.42. The van der Waals surface area contributed by atoms with Crippen LogP contribution in [0.4, 0.5) is 0 Å². The molecule has 9 rings (SSSR count). The molecule has 0 aliphatic heterocycles. The first kappa shape index (κ1) is 25.0. The molecule has 0 unspecified atom stereocenters. The quantitative estimate of drug-likeness (QED) is 0.208. The molecule has 0 fully saturated rings. The smallest absolute Gasteiger partial charge is 0.162 e. The van der Waals surface area contributed by atoms with Crippen LogP contribution in [0.2, 0.25) is 0 Å². The normalized spacial score (nSPS) is 11.6. The number of hydrogen-bond acceptors (Lipinski definition) is 3. The van der Waals surface area contributed by atoms with E-state index in [2.05, 4.69) is 132 Å². The molecule has 0 aliphatic rings. The van der Waals surface area contributed by atoms with Gasteiger partial charge in [-0.05, 0) is 29.3 Å². The molecule has 0 radical (unpaired) electrons. The van der Waals surface area contributed by atoms with Gasteiger partial charge >= 0.3 is 0 Å². The summed E-state index contributed by atoms with van der Waals surface area (Å²) in [6.07, 6.45) is 0. The van der Waals surface area contributed by atoms with Gasteiger partial charge in [-0.15, -0.1) is 11.3 Å².